The third-order valence-corrected chi connectivity index (χ3v) is 8.63. The molecule has 1 saturated heterocycles. The first-order valence-corrected chi connectivity index (χ1v) is 15.0. The summed E-state index contributed by atoms with van der Waals surface area (Å²) in [5.74, 6) is 1.06. The van der Waals surface area contributed by atoms with Gasteiger partial charge in [-0.25, -0.2) is 4.98 Å². The van der Waals surface area contributed by atoms with Gasteiger partial charge in [-0.2, -0.15) is 4.98 Å². The topological polar surface area (TPSA) is 75.9 Å². The first kappa shape index (κ1) is 28.1. The molecule has 0 atom stereocenters. The van der Waals surface area contributed by atoms with Gasteiger partial charge in [0.1, 0.15) is 5.65 Å². The molecule has 1 fully saturated rings. The van der Waals surface area contributed by atoms with Crippen LogP contribution in [0.15, 0.2) is 77.9 Å². The van der Waals surface area contributed by atoms with E-state index < -0.39 is 0 Å². The third-order valence-electron chi connectivity index (χ3n) is 8.32. The van der Waals surface area contributed by atoms with Crippen molar-refractivity contribution in [2.24, 2.45) is 0 Å². The number of hydrogen-bond acceptors (Lipinski definition) is 6. The Hall–Kier alpha value is -4.07. The lowest BCUT2D eigenvalue weighted by atomic mass is 9.89. The van der Waals surface area contributed by atoms with Crippen molar-refractivity contribution in [3.63, 3.8) is 0 Å². The van der Waals surface area contributed by atoms with Gasteiger partial charge >= 0.3 is 0 Å². The molecule has 1 aliphatic rings. The summed E-state index contributed by atoms with van der Waals surface area (Å²) in [6.45, 7) is 10.0. The Bertz CT molecular complexity index is 1770. The Labute approximate surface area is 251 Å². The number of halogens is 1. The summed E-state index contributed by atoms with van der Waals surface area (Å²) >= 11 is 6.74. The molecule has 42 heavy (non-hydrogen) atoms. The van der Waals surface area contributed by atoms with Crippen LogP contribution in [0.1, 0.15) is 43.9 Å². The van der Waals surface area contributed by atoms with Crippen molar-refractivity contribution >= 4 is 34.3 Å². The van der Waals surface area contributed by atoms with E-state index in [1.165, 1.54) is 18.4 Å². The van der Waals surface area contributed by atoms with Gasteiger partial charge in [-0.05, 0) is 93.7 Å². The normalized spacial score (nSPS) is 14.4. The molecule has 0 radical (unpaired) electrons. The summed E-state index contributed by atoms with van der Waals surface area (Å²) in [5.41, 5.74) is 6.81. The monoisotopic (exact) mass is 578 g/mol. The first-order valence-electron chi connectivity index (χ1n) is 14.7. The fourth-order valence-corrected chi connectivity index (χ4v) is 6.09. The van der Waals surface area contributed by atoms with Crippen LogP contribution in [0.5, 0.6) is 0 Å². The predicted octanol–water partition coefficient (Wildman–Crippen LogP) is 7.45. The maximum atomic E-state index is 13.7. The van der Waals surface area contributed by atoms with Crippen molar-refractivity contribution < 1.29 is 0 Å². The number of aryl methyl sites for hydroxylation is 2. The van der Waals surface area contributed by atoms with Crippen molar-refractivity contribution in [3.05, 3.63) is 99.7 Å². The number of aromatic nitrogens is 4. The Morgan fingerprint density at radius 3 is 2.31 bits per heavy atom. The van der Waals surface area contributed by atoms with Gasteiger partial charge in [0.2, 0.25) is 5.95 Å². The minimum Gasteiger partial charge on any atom is -0.324 e. The molecule has 3 aromatic heterocycles. The Morgan fingerprint density at radius 2 is 1.64 bits per heavy atom. The van der Waals surface area contributed by atoms with Crippen LogP contribution >= 0.6 is 11.6 Å². The summed E-state index contributed by atoms with van der Waals surface area (Å²) < 4.78 is 1.68. The summed E-state index contributed by atoms with van der Waals surface area (Å²) in [5, 5.41) is 4.60. The highest BCUT2D eigenvalue weighted by Gasteiger charge is 2.20. The van der Waals surface area contributed by atoms with Gasteiger partial charge in [-0.3, -0.25) is 14.3 Å². The molecule has 0 amide bonds. The number of nitrogens with one attached hydrogen (secondary N) is 1. The zero-order valence-corrected chi connectivity index (χ0v) is 25.0. The Morgan fingerprint density at radius 1 is 0.881 bits per heavy atom. The molecular weight excluding hydrogens is 544 g/mol. The highest BCUT2D eigenvalue weighted by atomic mass is 35.5. The van der Waals surface area contributed by atoms with Crippen LogP contribution in [0, 0.1) is 6.92 Å². The number of fused-ring (bicyclic) bond motifs is 1. The van der Waals surface area contributed by atoms with Gasteiger partial charge < -0.3 is 10.2 Å². The minimum absolute atomic E-state index is 0.139. The smallest absolute Gasteiger partial charge is 0.260 e. The Balaban J connectivity index is 1.26. The van der Waals surface area contributed by atoms with Crippen molar-refractivity contribution in [3.8, 4) is 22.3 Å². The number of anilines is 2. The van der Waals surface area contributed by atoms with Crippen LogP contribution in [0.25, 0.3) is 33.3 Å². The summed E-state index contributed by atoms with van der Waals surface area (Å²) in [6, 6.07) is 20.1. The number of rotatable bonds is 7. The number of benzene rings is 2. The summed E-state index contributed by atoms with van der Waals surface area (Å²) in [7, 11) is 0. The molecule has 7 nitrogen and oxygen atoms in total. The lowest BCUT2D eigenvalue weighted by Gasteiger charge is -2.31. The standard InChI is InChI=1S/C34H35ClN6O/c1-4-40-16-14-24(15-17-40)23-8-11-28(12-9-23)38-34-37-21-27-18-30(33(42)41(5-2)32(27)39-34)29-13-10-25(19-31(29)35)26-7-6-22(3)36-20-26/h6-13,18-21,24H,4-5,14-17H2,1-3H3,(H,37,38,39). The van der Waals surface area contributed by atoms with E-state index in [1.54, 1.807) is 10.8 Å². The largest absolute Gasteiger partial charge is 0.324 e. The van der Waals surface area contributed by atoms with Crippen LogP contribution in [0.3, 0.4) is 0 Å². The molecule has 0 unspecified atom stereocenters. The molecule has 6 rings (SSSR count). The van der Waals surface area contributed by atoms with Crippen LogP contribution in [0.4, 0.5) is 11.6 Å². The lowest BCUT2D eigenvalue weighted by Crippen LogP contribution is -2.32. The quantitative estimate of drug-likeness (QED) is 0.216. The fourth-order valence-electron chi connectivity index (χ4n) is 5.81. The van der Waals surface area contributed by atoms with E-state index in [9.17, 15) is 4.79 Å². The Kier molecular flexibility index (Phi) is 8.05. The first-order chi connectivity index (χ1) is 20.4. The average Bonchev–Trinajstić information content (AvgIpc) is 3.02. The van der Waals surface area contributed by atoms with Gasteiger partial charge in [0.15, 0.2) is 0 Å². The number of pyridine rings is 2. The maximum absolute atomic E-state index is 13.7. The van der Waals surface area contributed by atoms with E-state index in [-0.39, 0.29) is 5.56 Å². The van der Waals surface area contributed by atoms with Crippen molar-refractivity contribution in [2.75, 3.05) is 25.0 Å². The molecular formula is C34H35ClN6O. The van der Waals surface area contributed by atoms with Crippen LogP contribution < -0.4 is 10.9 Å². The van der Waals surface area contributed by atoms with E-state index in [1.807, 2.05) is 56.4 Å². The van der Waals surface area contributed by atoms with E-state index >= 15 is 0 Å². The molecule has 0 spiro atoms. The molecule has 4 heterocycles. The van der Waals surface area contributed by atoms with Crippen LogP contribution in [0.2, 0.25) is 5.02 Å². The van der Waals surface area contributed by atoms with Gasteiger partial charge in [0.05, 0.1) is 0 Å². The second kappa shape index (κ2) is 12.0. The number of nitrogens with zero attached hydrogens (tertiary/aromatic N) is 5. The molecule has 1 aliphatic heterocycles. The van der Waals surface area contributed by atoms with Crippen molar-refractivity contribution in [1.82, 2.24) is 24.4 Å². The third kappa shape index (κ3) is 5.67. The molecule has 1 N–H and O–H groups in total. The molecule has 5 aromatic rings. The lowest BCUT2D eigenvalue weighted by molar-refractivity contribution is 0.222. The average molecular weight is 579 g/mol. The van der Waals surface area contributed by atoms with Crippen molar-refractivity contribution in [2.45, 2.75) is 46.1 Å². The van der Waals surface area contributed by atoms with E-state index in [4.69, 9.17) is 16.6 Å². The highest BCUT2D eigenvalue weighted by Crippen LogP contribution is 2.32. The molecule has 8 heteroatoms. The second-order valence-corrected chi connectivity index (χ2v) is 11.3. The van der Waals surface area contributed by atoms with Crippen LogP contribution in [-0.4, -0.2) is 44.1 Å². The fraction of sp³-hybridized carbons (Fsp3) is 0.294. The zero-order chi connectivity index (χ0) is 29.2. The molecule has 0 bridgehead atoms. The maximum Gasteiger partial charge on any atom is 0.260 e. The summed E-state index contributed by atoms with van der Waals surface area (Å²) in [6.07, 6.45) is 5.99. The highest BCUT2D eigenvalue weighted by molar-refractivity contribution is 6.33. The number of hydrogen-bond donors (Lipinski definition) is 1. The van der Waals surface area contributed by atoms with E-state index in [0.29, 0.717) is 40.2 Å². The molecule has 2 aromatic carbocycles. The van der Waals surface area contributed by atoms with E-state index in [0.717, 1.165) is 47.5 Å². The van der Waals surface area contributed by atoms with Gasteiger partial charge in [-0.15, -0.1) is 0 Å². The van der Waals surface area contributed by atoms with Crippen molar-refractivity contribution in [1.29, 1.82) is 0 Å². The summed E-state index contributed by atoms with van der Waals surface area (Å²) in [4.78, 5) is 29.9. The van der Waals surface area contributed by atoms with Gasteiger partial charge in [0, 0.05) is 57.4 Å². The van der Waals surface area contributed by atoms with Crippen LogP contribution in [-0.2, 0) is 6.54 Å². The SMILES string of the molecule is CCN1CCC(c2ccc(Nc3ncc4cc(-c5ccc(-c6ccc(C)nc6)cc5Cl)c(=O)n(CC)c4n3)cc2)CC1. The zero-order valence-electron chi connectivity index (χ0n) is 24.3. The minimum atomic E-state index is -0.139. The van der Waals surface area contributed by atoms with Gasteiger partial charge in [0.25, 0.3) is 5.56 Å². The predicted molar refractivity (Wildman–Crippen MR) is 172 cm³/mol. The molecule has 0 saturated carbocycles. The molecule has 0 aliphatic carbocycles. The molecule has 214 valence electrons. The number of likely N-dealkylation sites (tertiary alicyclic amines) is 1. The number of piperidine rings is 1. The van der Waals surface area contributed by atoms with E-state index in [2.05, 4.69) is 51.4 Å². The van der Waals surface area contributed by atoms with Gasteiger partial charge in [-0.1, -0.05) is 48.9 Å². The second-order valence-electron chi connectivity index (χ2n) is 10.9.